The number of hydrogen-bond donors (Lipinski definition) is 3. The van der Waals surface area contributed by atoms with Crippen LogP contribution in [-0.4, -0.2) is 39.5 Å². The van der Waals surface area contributed by atoms with E-state index in [4.69, 9.17) is 17.3 Å². The van der Waals surface area contributed by atoms with Gasteiger partial charge in [0.15, 0.2) is 0 Å². The predicted molar refractivity (Wildman–Crippen MR) is 107 cm³/mol. The van der Waals surface area contributed by atoms with E-state index >= 15 is 0 Å². The first kappa shape index (κ1) is 20.0. The van der Waals surface area contributed by atoms with Gasteiger partial charge in [0.25, 0.3) is 5.91 Å². The average molecular weight is 403 g/mol. The molecule has 1 unspecified atom stereocenters. The van der Waals surface area contributed by atoms with Crippen molar-refractivity contribution in [2.45, 2.75) is 38.6 Å². The molecule has 0 aliphatic carbocycles. The van der Waals surface area contributed by atoms with Crippen molar-refractivity contribution in [1.29, 1.82) is 0 Å². The minimum Gasteiger partial charge on any atom is -0.507 e. The summed E-state index contributed by atoms with van der Waals surface area (Å²) in [6, 6.07) is 7.80. The molecule has 28 heavy (non-hydrogen) atoms. The molecule has 1 heterocycles. The topological polar surface area (TPSA) is 104 Å². The highest BCUT2D eigenvalue weighted by molar-refractivity contribution is 6.32. The van der Waals surface area contributed by atoms with Gasteiger partial charge in [-0.3, -0.25) is 9.59 Å². The van der Waals surface area contributed by atoms with E-state index < -0.39 is 5.91 Å². The molecule has 1 fully saturated rings. The molecule has 1 aliphatic heterocycles. The van der Waals surface area contributed by atoms with Crippen molar-refractivity contribution in [3.05, 3.63) is 57.6 Å². The number of likely N-dealkylation sites (tertiary alicyclic amines) is 1. The molecule has 7 heteroatoms. The lowest BCUT2D eigenvalue weighted by Gasteiger charge is -2.25. The first-order valence-corrected chi connectivity index (χ1v) is 9.57. The third kappa shape index (κ3) is 4.07. The van der Waals surface area contributed by atoms with Crippen molar-refractivity contribution in [1.82, 2.24) is 4.90 Å². The van der Waals surface area contributed by atoms with E-state index in [1.165, 1.54) is 6.07 Å². The first-order chi connectivity index (χ1) is 13.3. The monoisotopic (exact) mass is 402 g/mol. The van der Waals surface area contributed by atoms with Crippen LogP contribution in [0.3, 0.4) is 0 Å². The Morgan fingerprint density at radius 1 is 1.21 bits per heavy atom. The second-order valence-corrected chi connectivity index (χ2v) is 7.57. The number of rotatable bonds is 5. The van der Waals surface area contributed by atoms with E-state index in [1.54, 1.807) is 11.0 Å². The van der Waals surface area contributed by atoms with Crippen molar-refractivity contribution in [3.63, 3.8) is 0 Å². The number of nitrogens with two attached hydrogens (primary N) is 1. The fourth-order valence-electron chi connectivity index (χ4n) is 3.70. The molecule has 1 atom stereocenters. The minimum absolute atomic E-state index is 0.0239. The molecule has 2 amide bonds. The van der Waals surface area contributed by atoms with Gasteiger partial charge in [0.1, 0.15) is 11.5 Å². The second-order valence-electron chi connectivity index (χ2n) is 7.16. The summed E-state index contributed by atoms with van der Waals surface area (Å²) in [5, 5.41) is 19.6. The quantitative estimate of drug-likeness (QED) is 0.712. The van der Waals surface area contributed by atoms with E-state index in [2.05, 4.69) is 0 Å². The normalized spacial score (nSPS) is 16.4. The average Bonchev–Trinajstić information content (AvgIpc) is 3.12. The maximum absolute atomic E-state index is 12.9. The van der Waals surface area contributed by atoms with Crippen LogP contribution in [0.4, 0.5) is 0 Å². The summed E-state index contributed by atoms with van der Waals surface area (Å²) in [6.07, 6.45) is 3.20. The number of aryl methyl sites for hydroxylation is 2. The minimum atomic E-state index is -0.460. The van der Waals surface area contributed by atoms with Gasteiger partial charge < -0.3 is 20.8 Å². The highest BCUT2D eigenvalue weighted by Gasteiger charge is 2.31. The number of nitrogens with zero attached hydrogens (tertiary/aromatic N) is 1. The van der Waals surface area contributed by atoms with Crippen LogP contribution < -0.4 is 5.73 Å². The SMILES string of the molecule is Cc1ccc(C(N)=O)cc1CCC1CCCN1C(=O)c1cc(Cl)c(O)cc1O. The van der Waals surface area contributed by atoms with E-state index in [0.29, 0.717) is 18.5 Å². The summed E-state index contributed by atoms with van der Waals surface area (Å²) in [5.74, 6) is -1.32. The molecule has 0 radical (unpaired) electrons. The van der Waals surface area contributed by atoms with Crippen molar-refractivity contribution in [2.24, 2.45) is 5.73 Å². The van der Waals surface area contributed by atoms with Crippen molar-refractivity contribution in [3.8, 4) is 11.5 Å². The van der Waals surface area contributed by atoms with E-state index in [9.17, 15) is 19.8 Å². The predicted octanol–water partition coefficient (Wildman–Crippen LogP) is 3.40. The lowest BCUT2D eigenvalue weighted by Crippen LogP contribution is -2.35. The van der Waals surface area contributed by atoms with Gasteiger partial charge in [0.05, 0.1) is 10.6 Å². The van der Waals surface area contributed by atoms with Crippen LogP contribution in [0.5, 0.6) is 11.5 Å². The number of amides is 2. The Bertz CT molecular complexity index is 929. The molecular weight excluding hydrogens is 380 g/mol. The van der Waals surface area contributed by atoms with Gasteiger partial charge in [-0.25, -0.2) is 0 Å². The molecule has 2 aromatic rings. The number of primary amides is 1. The third-order valence-electron chi connectivity index (χ3n) is 5.31. The Labute approximate surface area is 168 Å². The largest absolute Gasteiger partial charge is 0.507 e. The number of carbonyl (C=O) groups is 2. The summed E-state index contributed by atoms with van der Waals surface area (Å²) >= 11 is 5.90. The van der Waals surface area contributed by atoms with Crippen LogP contribution in [0.15, 0.2) is 30.3 Å². The molecule has 4 N–H and O–H groups in total. The van der Waals surface area contributed by atoms with Gasteiger partial charge >= 0.3 is 0 Å². The van der Waals surface area contributed by atoms with Gasteiger partial charge in [-0.2, -0.15) is 0 Å². The van der Waals surface area contributed by atoms with Crippen LogP contribution >= 0.6 is 11.6 Å². The fraction of sp³-hybridized carbons (Fsp3) is 0.333. The number of carbonyl (C=O) groups excluding carboxylic acids is 2. The molecule has 6 nitrogen and oxygen atoms in total. The Kier molecular flexibility index (Phi) is 5.79. The molecular formula is C21H23ClN2O4. The van der Waals surface area contributed by atoms with Crippen molar-refractivity contribution < 1.29 is 19.8 Å². The summed E-state index contributed by atoms with van der Waals surface area (Å²) in [6.45, 7) is 2.58. The fourth-order valence-corrected chi connectivity index (χ4v) is 3.86. The summed E-state index contributed by atoms with van der Waals surface area (Å²) in [4.78, 5) is 26.1. The van der Waals surface area contributed by atoms with Gasteiger partial charge in [0, 0.05) is 24.2 Å². The Morgan fingerprint density at radius 3 is 2.68 bits per heavy atom. The Morgan fingerprint density at radius 2 is 1.96 bits per heavy atom. The van der Waals surface area contributed by atoms with Crippen molar-refractivity contribution >= 4 is 23.4 Å². The Balaban J connectivity index is 1.75. The number of hydrogen-bond acceptors (Lipinski definition) is 4. The molecule has 2 aromatic carbocycles. The van der Waals surface area contributed by atoms with Crippen LogP contribution in [0.25, 0.3) is 0 Å². The van der Waals surface area contributed by atoms with Crippen molar-refractivity contribution in [2.75, 3.05) is 6.54 Å². The zero-order valence-corrected chi connectivity index (χ0v) is 16.4. The van der Waals surface area contributed by atoms with Crippen LogP contribution in [-0.2, 0) is 6.42 Å². The van der Waals surface area contributed by atoms with Crippen LogP contribution in [0, 0.1) is 6.92 Å². The van der Waals surface area contributed by atoms with E-state index in [-0.39, 0.29) is 34.0 Å². The molecule has 0 saturated carbocycles. The maximum Gasteiger partial charge on any atom is 0.257 e. The standard InChI is InChI=1S/C21H23ClN2O4/c1-12-4-5-14(20(23)27)9-13(12)6-7-15-3-2-8-24(15)21(28)16-10-17(22)19(26)11-18(16)25/h4-5,9-11,15,25-26H,2-3,6-8H2,1H3,(H2,23,27). The van der Waals surface area contributed by atoms with Crippen LogP contribution in [0.2, 0.25) is 5.02 Å². The Hall–Kier alpha value is -2.73. The molecule has 148 valence electrons. The van der Waals surface area contributed by atoms with Gasteiger partial charge in [-0.15, -0.1) is 0 Å². The van der Waals surface area contributed by atoms with Crippen LogP contribution in [0.1, 0.15) is 51.1 Å². The van der Waals surface area contributed by atoms with Gasteiger partial charge in [0.2, 0.25) is 5.91 Å². The maximum atomic E-state index is 12.9. The molecule has 0 aromatic heterocycles. The highest BCUT2D eigenvalue weighted by atomic mass is 35.5. The van der Waals surface area contributed by atoms with E-state index in [0.717, 1.165) is 36.5 Å². The van der Waals surface area contributed by atoms with Gasteiger partial charge in [-0.05, 0) is 61.9 Å². The number of halogens is 1. The summed E-state index contributed by atoms with van der Waals surface area (Å²) < 4.78 is 0. The molecule has 0 spiro atoms. The number of phenols is 2. The summed E-state index contributed by atoms with van der Waals surface area (Å²) in [7, 11) is 0. The third-order valence-corrected chi connectivity index (χ3v) is 5.62. The molecule has 1 saturated heterocycles. The smallest absolute Gasteiger partial charge is 0.257 e. The first-order valence-electron chi connectivity index (χ1n) is 9.19. The zero-order chi connectivity index (χ0) is 20.4. The lowest BCUT2D eigenvalue weighted by atomic mass is 9.97. The number of benzene rings is 2. The molecule has 1 aliphatic rings. The number of aromatic hydroxyl groups is 2. The zero-order valence-electron chi connectivity index (χ0n) is 15.6. The van der Waals surface area contributed by atoms with Gasteiger partial charge in [-0.1, -0.05) is 17.7 Å². The summed E-state index contributed by atoms with van der Waals surface area (Å²) in [5.41, 5.74) is 8.04. The highest BCUT2D eigenvalue weighted by Crippen LogP contribution is 2.33. The molecule has 0 bridgehead atoms. The second kappa shape index (κ2) is 8.10. The van der Waals surface area contributed by atoms with E-state index in [1.807, 2.05) is 19.1 Å². The number of phenolic OH excluding ortho intramolecular Hbond substituents is 2. The molecule has 3 rings (SSSR count). The lowest BCUT2D eigenvalue weighted by molar-refractivity contribution is 0.0727.